The van der Waals surface area contributed by atoms with Gasteiger partial charge in [0.1, 0.15) is 9.75 Å². The molecule has 0 N–H and O–H groups in total. The average molecular weight is 448 g/mol. The van der Waals surface area contributed by atoms with E-state index in [0.29, 0.717) is 5.56 Å². The summed E-state index contributed by atoms with van der Waals surface area (Å²) in [5, 5.41) is -0.0789. The molecule has 4 rings (SSSR count). The highest BCUT2D eigenvalue weighted by Gasteiger charge is 2.87. The molecule has 3 aliphatic rings. The fraction of sp³-hybridized carbons (Fsp3) is 0.368. The first-order valence-electron chi connectivity index (χ1n) is 8.11. The van der Waals surface area contributed by atoms with Crippen LogP contribution < -0.4 is 0 Å². The van der Waals surface area contributed by atoms with Gasteiger partial charge in [0.15, 0.2) is 11.6 Å². The molecule has 1 aromatic carbocycles. The van der Waals surface area contributed by atoms with E-state index in [4.69, 9.17) is 55.9 Å². The number of ketones is 2. The number of alkyl halides is 2. The molecule has 142 valence electrons. The number of hydrogen-bond acceptors (Lipinski definition) is 4. The third-order valence-electron chi connectivity index (χ3n) is 5.78. The molecule has 1 saturated carbocycles. The fourth-order valence-corrected chi connectivity index (χ4v) is 6.88. The predicted octanol–water partition coefficient (Wildman–Crippen LogP) is 4.11. The number of methoxy groups -OCH3 is 2. The number of carbonyl (C=O) groups excluding carboxylic acids is 2. The normalized spacial score (nSPS) is 36.9. The van der Waals surface area contributed by atoms with Crippen LogP contribution in [0.15, 0.2) is 46.5 Å². The molecule has 8 heteroatoms. The summed E-state index contributed by atoms with van der Waals surface area (Å²) < 4.78 is 11.2. The Balaban J connectivity index is 1.98. The molecular formula is C19H14Cl4O4. The van der Waals surface area contributed by atoms with Gasteiger partial charge in [0.2, 0.25) is 5.79 Å². The maximum atomic E-state index is 13.5. The number of fused-ring (bicyclic) bond motifs is 5. The van der Waals surface area contributed by atoms with Gasteiger partial charge in [0.05, 0.1) is 21.9 Å². The van der Waals surface area contributed by atoms with Crippen molar-refractivity contribution in [3.05, 3.63) is 52.0 Å². The van der Waals surface area contributed by atoms with E-state index in [-0.39, 0.29) is 27.2 Å². The zero-order valence-electron chi connectivity index (χ0n) is 14.3. The smallest absolute Gasteiger partial charge is 0.218 e. The molecule has 0 radical (unpaired) electrons. The van der Waals surface area contributed by atoms with Crippen molar-refractivity contribution < 1.29 is 19.1 Å². The molecule has 1 aromatic rings. The van der Waals surface area contributed by atoms with Crippen LogP contribution in [0.3, 0.4) is 0 Å². The molecular weight excluding hydrogens is 434 g/mol. The molecule has 4 nitrogen and oxygen atoms in total. The van der Waals surface area contributed by atoms with Gasteiger partial charge in [-0.25, -0.2) is 0 Å². The van der Waals surface area contributed by atoms with Crippen molar-refractivity contribution in [2.45, 2.75) is 15.5 Å². The molecule has 27 heavy (non-hydrogen) atoms. The predicted molar refractivity (Wildman–Crippen MR) is 104 cm³/mol. The number of rotatable bonds is 3. The Bertz CT molecular complexity index is 921. The topological polar surface area (TPSA) is 52.6 Å². The number of carbonyl (C=O) groups is 2. The monoisotopic (exact) mass is 446 g/mol. The SMILES string of the molecule is COC1(OC)[C@@]2(Cl)C(Cl)=C(Cl)[C@@]1(Cl)[C@H]1C(=O)C=C(c3ccccc3)C(=O)[C@H]12. The van der Waals surface area contributed by atoms with Crippen LogP contribution in [0.2, 0.25) is 0 Å². The van der Waals surface area contributed by atoms with Gasteiger partial charge in [-0.1, -0.05) is 53.5 Å². The molecule has 0 aromatic heterocycles. The van der Waals surface area contributed by atoms with E-state index in [0.717, 1.165) is 0 Å². The highest BCUT2D eigenvalue weighted by atomic mass is 35.5. The minimum atomic E-state index is -1.78. The molecule has 0 unspecified atom stereocenters. The van der Waals surface area contributed by atoms with Crippen molar-refractivity contribution in [1.29, 1.82) is 0 Å². The lowest BCUT2D eigenvalue weighted by molar-refractivity contribution is -0.220. The number of hydrogen-bond donors (Lipinski definition) is 0. The van der Waals surface area contributed by atoms with E-state index in [1.54, 1.807) is 24.3 Å². The Kier molecular flexibility index (Phi) is 4.36. The van der Waals surface area contributed by atoms with E-state index in [2.05, 4.69) is 0 Å². The number of benzene rings is 1. The molecule has 2 bridgehead atoms. The van der Waals surface area contributed by atoms with Crippen LogP contribution >= 0.6 is 46.4 Å². The van der Waals surface area contributed by atoms with Gasteiger partial charge in [0, 0.05) is 19.8 Å². The zero-order chi connectivity index (χ0) is 19.8. The summed E-state index contributed by atoms with van der Waals surface area (Å²) >= 11 is 26.7. The van der Waals surface area contributed by atoms with E-state index in [1.165, 1.54) is 20.3 Å². The van der Waals surface area contributed by atoms with Crippen molar-refractivity contribution in [3.8, 4) is 0 Å². The van der Waals surface area contributed by atoms with Gasteiger partial charge in [0.25, 0.3) is 0 Å². The highest BCUT2D eigenvalue weighted by Crippen LogP contribution is 2.75. The Morgan fingerprint density at radius 1 is 0.889 bits per heavy atom. The Labute approximate surface area is 176 Å². The van der Waals surface area contributed by atoms with Crippen LogP contribution in [0.4, 0.5) is 0 Å². The number of ether oxygens (including phenoxy) is 2. The van der Waals surface area contributed by atoms with Crippen LogP contribution in [0.1, 0.15) is 5.56 Å². The minimum Gasteiger partial charge on any atom is -0.350 e. The van der Waals surface area contributed by atoms with Crippen LogP contribution in [0.5, 0.6) is 0 Å². The zero-order valence-corrected chi connectivity index (χ0v) is 17.3. The standard InChI is InChI=1S/C19H14Cl4O4/c1-26-19(27-2)17(22)12-11(24)8-10(9-6-4-3-5-7-9)14(25)13(12)18(19,23)16(21)15(17)20/h3-8,12-13H,1-2H3/t12-,13-,17-,18-/m0/s1. The first kappa shape index (κ1) is 19.4. The fourth-order valence-electron chi connectivity index (χ4n) is 4.70. The summed E-state index contributed by atoms with van der Waals surface area (Å²) in [6.45, 7) is 0. The maximum absolute atomic E-state index is 13.5. The van der Waals surface area contributed by atoms with Gasteiger partial charge in [-0.15, -0.1) is 23.2 Å². The molecule has 1 fully saturated rings. The van der Waals surface area contributed by atoms with E-state index in [1.807, 2.05) is 6.07 Å². The second-order valence-corrected chi connectivity index (χ2v) is 8.67. The van der Waals surface area contributed by atoms with E-state index in [9.17, 15) is 9.59 Å². The quantitative estimate of drug-likeness (QED) is 0.516. The van der Waals surface area contributed by atoms with Crippen LogP contribution in [-0.4, -0.2) is 41.3 Å². The second kappa shape index (κ2) is 6.06. The van der Waals surface area contributed by atoms with Crippen molar-refractivity contribution in [3.63, 3.8) is 0 Å². The third-order valence-corrected chi connectivity index (χ3v) is 8.39. The molecule has 0 saturated heterocycles. The summed E-state index contributed by atoms with van der Waals surface area (Å²) in [7, 11) is 2.66. The number of halogens is 4. The summed E-state index contributed by atoms with van der Waals surface area (Å²) in [6, 6.07) is 8.85. The third kappa shape index (κ3) is 1.94. The lowest BCUT2D eigenvalue weighted by atomic mass is 9.70. The molecule has 0 heterocycles. The van der Waals surface area contributed by atoms with Crippen molar-refractivity contribution in [1.82, 2.24) is 0 Å². The summed E-state index contributed by atoms with van der Waals surface area (Å²) in [4.78, 5) is 23.1. The van der Waals surface area contributed by atoms with E-state index < -0.39 is 27.4 Å². The first-order chi connectivity index (χ1) is 12.7. The highest BCUT2D eigenvalue weighted by molar-refractivity contribution is 6.54. The van der Waals surface area contributed by atoms with Crippen molar-refractivity contribution in [2.75, 3.05) is 14.2 Å². The van der Waals surface area contributed by atoms with Crippen LogP contribution in [-0.2, 0) is 19.1 Å². The molecule has 3 aliphatic carbocycles. The van der Waals surface area contributed by atoms with Crippen molar-refractivity contribution in [2.24, 2.45) is 11.8 Å². The second-order valence-electron chi connectivity index (χ2n) is 6.72. The molecule has 0 amide bonds. The largest absolute Gasteiger partial charge is 0.350 e. The Morgan fingerprint density at radius 2 is 1.41 bits per heavy atom. The minimum absolute atomic E-state index is 0.0384. The Morgan fingerprint density at radius 3 is 1.93 bits per heavy atom. The van der Waals surface area contributed by atoms with Crippen LogP contribution in [0.25, 0.3) is 5.57 Å². The van der Waals surface area contributed by atoms with Gasteiger partial charge >= 0.3 is 0 Å². The van der Waals surface area contributed by atoms with Gasteiger partial charge < -0.3 is 9.47 Å². The number of Topliss-reactive ketones (excluding diaryl/α,β-unsaturated/α-hetero) is 1. The van der Waals surface area contributed by atoms with Gasteiger partial charge in [-0.3, -0.25) is 9.59 Å². The number of allylic oxidation sites excluding steroid dienone is 2. The summed E-state index contributed by atoms with van der Waals surface area (Å²) in [5.74, 6) is -4.66. The lowest BCUT2D eigenvalue weighted by Crippen LogP contribution is -2.58. The summed E-state index contributed by atoms with van der Waals surface area (Å²) in [5.41, 5.74) is 0.851. The maximum Gasteiger partial charge on any atom is 0.218 e. The van der Waals surface area contributed by atoms with Gasteiger partial charge in [-0.2, -0.15) is 0 Å². The van der Waals surface area contributed by atoms with Crippen LogP contribution in [0, 0.1) is 11.8 Å². The van der Waals surface area contributed by atoms with Gasteiger partial charge in [-0.05, 0) is 11.6 Å². The summed E-state index contributed by atoms with van der Waals surface area (Å²) in [6.07, 6.45) is 1.29. The van der Waals surface area contributed by atoms with E-state index >= 15 is 0 Å². The Hall–Kier alpha value is -0.880. The van der Waals surface area contributed by atoms with Crippen molar-refractivity contribution >= 4 is 63.5 Å². The molecule has 4 atom stereocenters. The first-order valence-corrected chi connectivity index (χ1v) is 9.63. The lowest BCUT2D eigenvalue weighted by Gasteiger charge is -2.41. The molecule has 0 aliphatic heterocycles. The average Bonchev–Trinajstić information content (AvgIpc) is 2.94. The molecule has 0 spiro atoms.